The van der Waals surface area contributed by atoms with E-state index in [9.17, 15) is 0 Å². The Labute approximate surface area is 141 Å². The number of nitrogens with two attached hydrogens (primary N) is 2. The standard InChI is InChI=1S/C19H20N4O/c1-24-14-7-8-15-16(18(21)12-20)9-10-19(17(15)11-14)23-22-13-5-3-2-4-6-13/h2-11,18H,12,20-21H2,1H3. The summed E-state index contributed by atoms with van der Waals surface area (Å²) in [7, 11) is 1.64. The predicted molar refractivity (Wildman–Crippen MR) is 97.1 cm³/mol. The van der Waals surface area contributed by atoms with Gasteiger partial charge in [0.2, 0.25) is 0 Å². The fourth-order valence-corrected chi connectivity index (χ4v) is 2.61. The largest absolute Gasteiger partial charge is 0.497 e. The topological polar surface area (TPSA) is 86.0 Å². The number of ether oxygens (including phenoxy) is 1. The number of hydrogen-bond donors (Lipinski definition) is 2. The van der Waals surface area contributed by atoms with Crippen molar-refractivity contribution in [2.24, 2.45) is 21.7 Å². The summed E-state index contributed by atoms with van der Waals surface area (Å²) in [6.45, 7) is 0.381. The number of benzene rings is 3. The molecule has 0 aliphatic carbocycles. The van der Waals surface area contributed by atoms with Crippen molar-refractivity contribution in [3.05, 3.63) is 66.2 Å². The lowest BCUT2D eigenvalue weighted by Crippen LogP contribution is -2.20. The van der Waals surface area contributed by atoms with Gasteiger partial charge >= 0.3 is 0 Å². The molecule has 3 aromatic rings. The zero-order valence-electron chi connectivity index (χ0n) is 13.5. The van der Waals surface area contributed by atoms with Gasteiger partial charge in [0, 0.05) is 18.0 Å². The van der Waals surface area contributed by atoms with Crippen LogP contribution in [0, 0.1) is 0 Å². The quantitative estimate of drug-likeness (QED) is 0.690. The highest BCUT2D eigenvalue weighted by atomic mass is 16.5. The number of methoxy groups -OCH3 is 1. The molecule has 0 aliphatic rings. The van der Waals surface area contributed by atoms with E-state index in [1.165, 1.54) is 0 Å². The Morgan fingerprint density at radius 1 is 0.958 bits per heavy atom. The zero-order chi connectivity index (χ0) is 16.9. The molecule has 122 valence electrons. The molecule has 5 heteroatoms. The third kappa shape index (κ3) is 3.27. The third-order valence-corrected chi connectivity index (χ3v) is 3.92. The minimum atomic E-state index is -0.221. The Balaban J connectivity index is 2.12. The van der Waals surface area contributed by atoms with E-state index in [1.54, 1.807) is 7.11 Å². The molecule has 0 saturated carbocycles. The highest BCUT2D eigenvalue weighted by molar-refractivity contribution is 5.96. The van der Waals surface area contributed by atoms with Crippen molar-refractivity contribution in [3.63, 3.8) is 0 Å². The van der Waals surface area contributed by atoms with Crippen LogP contribution in [-0.2, 0) is 0 Å². The summed E-state index contributed by atoms with van der Waals surface area (Å²) in [5, 5.41) is 10.7. The second kappa shape index (κ2) is 7.21. The van der Waals surface area contributed by atoms with E-state index in [-0.39, 0.29) is 6.04 Å². The van der Waals surface area contributed by atoms with Crippen LogP contribution in [0.1, 0.15) is 11.6 Å². The Bertz CT molecular complexity index is 862. The lowest BCUT2D eigenvalue weighted by Gasteiger charge is -2.14. The normalized spacial score (nSPS) is 12.6. The monoisotopic (exact) mass is 320 g/mol. The van der Waals surface area contributed by atoms with E-state index in [4.69, 9.17) is 16.2 Å². The van der Waals surface area contributed by atoms with Crippen LogP contribution in [0.2, 0.25) is 0 Å². The molecule has 5 nitrogen and oxygen atoms in total. The summed E-state index contributed by atoms with van der Waals surface area (Å²) in [5.74, 6) is 0.761. The molecule has 1 atom stereocenters. The summed E-state index contributed by atoms with van der Waals surface area (Å²) in [6.07, 6.45) is 0. The second-order valence-electron chi connectivity index (χ2n) is 5.46. The van der Waals surface area contributed by atoms with Crippen LogP contribution in [-0.4, -0.2) is 13.7 Å². The van der Waals surface area contributed by atoms with Crippen LogP contribution in [0.25, 0.3) is 10.8 Å². The highest BCUT2D eigenvalue weighted by Crippen LogP contribution is 2.34. The first-order valence-electron chi connectivity index (χ1n) is 7.76. The number of hydrogen-bond acceptors (Lipinski definition) is 5. The third-order valence-electron chi connectivity index (χ3n) is 3.92. The number of azo groups is 1. The van der Waals surface area contributed by atoms with Gasteiger partial charge in [-0.15, -0.1) is 5.11 Å². The van der Waals surface area contributed by atoms with E-state index in [0.29, 0.717) is 6.54 Å². The maximum Gasteiger partial charge on any atom is 0.119 e. The Hall–Kier alpha value is -2.76. The lowest BCUT2D eigenvalue weighted by atomic mass is 9.98. The molecule has 1 unspecified atom stereocenters. The van der Waals surface area contributed by atoms with Crippen molar-refractivity contribution in [1.82, 2.24) is 0 Å². The van der Waals surface area contributed by atoms with Gasteiger partial charge in [0.05, 0.1) is 18.5 Å². The summed E-state index contributed by atoms with van der Waals surface area (Å²) >= 11 is 0. The van der Waals surface area contributed by atoms with E-state index in [0.717, 1.165) is 33.5 Å². The van der Waals surface area contributed by atoms with Crippen molar-refractivity contribution in [3.8, 4) is 5.75 Å². The molecule has 0 fully saturated rings. The maximum atomic E-state index is 6.14. The predicted octanol–water partition coefficient (Wildman–Crippen LogP) is 4.22. The summed E-state index contributed by atoms with van der Waals surface area (Å²) in [6, 6.07) is 19.1. The smallest absolute Gasteiger partial charge is 0.119 e. The van der Waals surface area contributed by atoms with Gasteiger partial charge in [0.15, 0.2) is 0 Å². The first kappa shape index (κ1) is 16.1. The molecule has 0 aromatic heterocycles. The van der Waals surface area contributed by atoms with Crippen LogP contribution >= 0.6 is 0 Å². The second-order valence-corrected chi connectivity index (χ2v) is 5.46. The molecule has 0 aliphatic heterocycles. The molecular formula is C19H20N4O. The van der Waals surface area contributed by atoms with Gasteiger partial charge in [-0.3, -0.25) is 0 Å². The molecule has 3 rings (SSSR count). The zero-order valence-corrected chi connectivity index (χ0v) is 13.5. The lowest BCUT2D eigenvalue weighted by molar-refractivity contribution is 0.415. The van der Waals surface area contributed by atoms with Crippen molar-refractivity contribution < 1.29 is 4.74 Å². The number of nitrogens with zero attached hydrogens (tertiary/aromatic N) is 2. The highest BCUT2D eigenvalue weighted by Gasteiger charge is 2.12. The average molecular weight is 320 g/mol. The molecule has 0 radical (unpaired) electrons. The molecule has 4 N–H and O–H groups in total. The average Bonchev–Trinajstić information content (AvgIpc) is 2.65. The minimum absolute atomic E-state index is 0.221. The van der Waals surface area contributed by atoms with Crippen LogP contribution in [0.4, 0.5) is 11.4 Å². The Kier molecular flexibility index (Phi) is 4.84. The van der Waals surface area contributed by atoms with Gasteiger partial charge in [0.1, 0.15) is 5.75 Å². The van der Waals surface area contributed by atoms with Gasteiger partial charge in [0.25, 0.3) is 0 Å². The fraction of sp³-hybridized carbons (Fsp3) is 0.158. The number of rotatable bonds is 5. The molecule has 0 amide bonds. The van der Waals surface area contributed by atoms with Crippen molar-refractivity contribution in [1.29, 1.82) is 0 Å². The van der Waals surface area contributed by atoms with E-state index in [2.05, 4.69) is 10.2 Å². The van der Waals surface area contributed by atoms with Gasteiger partial charge in [-0.1, -0.05) is 30.3 Å². The molecule has 0 heterocycles. The maximum absolute atomic E-state index is 6.14. The van der Waals surface area contributed by atoms with Gasteiger partial charge in [-0.25, -0.2) is 0 Å². The van der Waals surface area contributed by atoms with Gasteiger partial charge in [-0.2, -0.15) is 5.11 Å². The minimum Gasteiger partial charge on any atom is -0.497 e. The molecular weight excluding hydrogens is 300 g/mol. The first-order valence-corrected chi connectivity index (χ1v) is 7.76. The van der Waals surface area contributed by atoms with E-state index in [1.807, 2.05) is 60.7 Å². The Morgan fingerprint density at radius 2 is 1.75 bits per heavy atom. The fourth-order valence-electron chi connectivity index (χ4n) is 2.61. The summed E-state index contributed by atoms with van der Waals surface area (Å²) < 4.78 is 5.34. The van der Waals surface area contributed by atoms with Crippen LogP contribution in [0.5, 0.6) is 5.75 Å². The molecule has 0 saturated heterocycles. The van der Waals surface area contributed by atoms with Crippen molar-refractivity contribution >= 4 is 22.1 Å². The molecule has 0 spiro atoms. The van der Waals surface area contributed by atoms with E-state index >= 15 is 0 Å². The van der Waals surface area contributed by atoms with E-state index < -0.39 is 0 Å². The first-order chi connectivity index (χ1) is 11.7. The summed E-state index contributed by atoms with van der Waals surface area (Å²) in [5.41, 5.74) is 14.4. The molecule has 24 heavy (non-hydrogen) atoms. The van der Waals surface area contributed by atoms with Crippen LogP contribution in [0.3, 0.4) is 0 Å². The molecule has 0 bridgehead atoms. The van der Waals surface area contributed by atoms with Crippen LogP contribution < -0.4 is 16.2 Å². The summed E-state index contributed by atoms with van der Waals surface area (Å²) in [4.78, 5) is 0. The van der Waals surface area contributed by atoms with Gasteiger partial charge in [-0.05, 0) is 41.3 Å². The van der Waals surface area contributed by atoms with Crippen LogP contribution in [0.15, 0.2) is 70.9 Å². The van der Waals surface area contributed by atoms with Crippen molar-refractivity contribution in [2.75, 3.05) is 13.7 Å². The Morgan fingerprint density at radius 3 is 2.46 bits per heavy atom. The number of fused-ring (bicyclic) bond motifs is 1. The van der Waals surface area contributed by atoms with Crippen molar-refractivity contribution in [2.45, 2.75) is 6.04 Å². The molecule has 3 aromatic carbocycles. The SMILES string of the molecule is COc1ccc2c(C(N)CN)ccc(N=Nc3ccccc3)c2c1. The van der Waals surface area contributed by atoms with Gasteiger partial charge < -0.3 is 16.2 Å².